The monoisotopic (exact) mass is 717 g/mol. The average Bonchev–Trinajstić information content (AvgIpc) is 3.08. The van der Waals surface area contributed by atoms with E-state index in [1.165, 1.54) is 24.3 Å². The Morgan fingerprint density at radius 1 is 0.824 bits per heavy atom. The van der Waals surface area contributed by atoms with Crippen LogP contribution in [0.25, 0.3) is 0 Å². The number of phenolic OH excluding ortho intramolecular Hbond substituents is 1. The minimum absolute atomic E-state index is 0.00804. The number of aliphatic hydroxyl groups is 4. The zero-order valence-corrected chi connectivity index (χ0v) is 28.3. The minimum atomic E-state index is -1.91. The maximum Gasteiger partial charge on any atom is 0.326 e. The molecular weight excluding hydrogens is 670 g/mol. The number of aliphatic carboxylic acids is 1. The average molecular weight is 718 g/mol. The van der Waals surface area contributed by atoms with E-state index in [0.29, 0.717) is 11.1 Å². The third-order valence-corrected chi connectivity index (χ3v) is 8.14. The smallest absolute Gasteiger partial charge is 0.326 e. The molecule has 1 fully saturated rings. The highest BCUT2D eigenvalue weighted by molar-refractivity contribution is 5.93. The molecule has 1 aliphatic rings. The number of amides is 4. The van der Waals surface area contributed by atoms with Crippen LogP contribution in [0.4, 0.5) is 0 Å². The topological polar surface area (TPSA) is 281 Å². The molecule has 4 amide bonds. The third-order valence-electron chi connectivity index (χ3n) is 8.14. The van der Waals surface area contributed by atoms with E-state index < -0.39 is 98.1 Å². The number of nitrogens with zero attached hydrogens (tertiary/aromatic N) is 1. The van der Waals surface area contributed by atoms with Crippen molar-refractivity contribution in [2.24, 2.45) is 11.7 Å². The van der Waals surface area contributed by atoms with Crippen LogP contribution in [0.15, 0.2) is 54.6 Å². The summed E-state index contributed by atoms with van der Waals surface area (Å²) >= 11 is 0. The lowest BCUT2D eigenvalue weighted by Crippen LogP contribution is -2.61. The van der Waals surface area contributed by atoms with Gasteiger partial charge in [0.2, 0.25) is 23.6 Å². The first-order valence-electron chi connectivity index (χ1n) is 16.4. The third kappa shape index (κ3) is 12.6. The predicted octanol–water partition coefficient (Wildman–Crippen LogP) is -2.65. The van der Waals surface area contributed by atoms with E-state index in [2.05, 4.69) is 16.0 Å². The molecule has 280 valence electrons. The zero-order chi connectivity index (χ0) is 37.8. The van der Waals surface area contributed by atoms with Gasteiger partial charge >= 0.3 is 5.97 Å². The lowest BCUT2D eigenvalue weighted by Gasteiger charge is -2.40. The maximum atomic E-state index is 13.5. The van der Waals surface area contributed by atoms with Crippen molar-refractivity contribution in [1.82, 2.24) is 20.9 Å². The van der Waals surface area contributed by atoms with Crippen LogP contribution in [-0.4, -0.2) is 134 Å². The number of rotatable bonds is 17. The second kappa shape index (κ2) is 19.1. The predicted molar refractivity (Wildman–Crippen MR) is 179 cm³/mol. The molecule has 2 aromatic rings. The molecule has 1 aliphatic heterocycles. The molecule has 0 aliphatic carbocycles. The van der Waals surface area contributed by atoms with Gasteiger partial charge in [-0.2, -0.15) is 0 Å². The Balaban J connectivity index is 1.71. The molecule has 17 nitrogen and oxygen atoms in total. The van der Waals surface area contributed by atoms with Gasteiger partial charge < -0.3 is 62.0 Å². The fourth-order valence-corrected chi connectivity index (χ4v) is 5.42. The van der Waals surface area contributed by atoms with E-state index in [1.807, 2.05) is 0 Å². The van der Waals surface area contributed by atoms with Crippen molar-refractivity contribution in [2.45, 2.75) is 81.9 Å². The molecule has 0 saturated carbocycles. The highest BCUT2D eigenvalue weighted by atomic mass is 16.6. The van der Waals surface area contributed by atoms with Crippen molar-refractivity contribution >= 4 is 29.6 Å². The molecule has 0 spiro atoms. The molecule has 1 heterocycles. The number of phenols is 1. The lowest BCUT2D eigenvalue weighted by molar-refractivity contribution is -0.283. The Labute approximate surface area is 294 Å². The van der Waals surface area contributed by atoms with E-state index in [9.17, 15) is 54.6 Å². The molecular formula is C34H47N5O12. The number of carbonyl (C=O) groups is 5. The van der Waals surface area contributed by atoms with Crippen LogP contribution in [0, 0.1) is 5.92 Å². The van der Waals surface area contributed by atoms with E-state index in [-0.39, 0.29) is 30.9 Å². The second-order valence-electron chi connectivity index (χ2n) is 12.8. The van der Waals surface area contributed by atoms with Gasteiger partial charge in [0.25, 0.3) is 0 Å². The molecule has 8 atom stereocenters. The summed E-state index contributed by atoms with van der Waals surface area (Å²) in [6, 6.07) is 10.9. The van der Waals surface area contributed by atoms with Crippen molar-refractivity contribution in [2.75, 3.05) is 19.6 Å². The van der Waals surface area contributed by atoms with E-state index in [0.717, 1.165) is 4.90 Å². The van der Waals surface area contributed by atoms with Crippen LogP contribution in [0.2, 0.25) is 0 Å². The van der Waals surface area contributed by atoms with Crippen molar-refractivity contribution in [3.63, 3.8) is 0 Å². The number of carboxylic acid groups (broad SMARTS) is 1. The molecule has 0 aromatic heterocycles. The first kappa shape index (κ1) is 40.8. The Morgan fingerprint density at radius 3 is 2.06 bits per heavy atom. The highest BCUT2D eigenvalue weighted by Gasteiger charge is 2.44. The number of aromatic hydroxyl groups is 1. The van der Waals surface area contributed by atoms with Gasteiger partial charge in [-0.3, -0.25) is 19.2 Å². The number of carboxylic acids is 1. The largest absolute Gasteiger partial charge is 0.508 e. The SMILES string of the molecule is CC(C)C[C@H](NC(=O)[C@H](Cc1ccccc1)NC(=O)CNC(=O)CN(C[C@H]1OC(O)[C@H](O)[C@@H](O)[C@H]1O)C(=O)[C@@H](N)Cc1ccc(O)cc1)C(=O)O. The van der Waals surface area contributed by atoms with Crippen molar-refractivity contribution in [3.8, 4) is 5.75 Å². The molecule has 17 heteroatoms. The van der Waals surface area contributed by atoms with Crippen molar-refractivity contribution in [3.05, 3.63) is 65.7 Å². The van der Waals surface area contributed by atoms with Crippen molar-refractivity contribution < 1.29 is 59.3 Å². The van der Waals surface area contributed by atoms with E-state index >= 15 is 0 Å². The number of benzene rings is 2. The van der Waals surface area contributed by atoms with Gasteiger partial charge in [-0.1, -0.05) is 56.3 Å². The van der Waals surface area contributed by atoms with Gasteiger partial charge in [0.05, 0.1) is 25.7 Å². The summed E-state index contributed by atoms with van der Waals surface area (Å²) in [7, 11) is 0. The summed E-state index contributed by atoms with van der Waals surface area (Å²) in [4.78, 5) is 65.4. The van der Waals surface area contributed by atoms with Gasteiger partial charge in [-0.25, -0.2) is 4.79 Å². The number of hydrogen-bond donors (Lipinski definition) is 10. The number of aliphatic hydroxyl groups excluding tert-OH is 4. The number of nitrogens with two attached hydrogens (primary N) is 1. The molecule has 0 radical (unpaired) electrons. The van der Waals surface area contributed by atoms with Crippen LogP contribution >= 0.6 is 0 Å². The summed E-state index contributed by atoms with van der Waals surface area (Å²) in [6.45, 7) is 1.66. The molecule has 0 bridgehead atoms. The van der Waals surface area contributed by atoms with E-state index in [4.69, 9.17) is 10.5 Å². The van der Waals surface area contributed by atoms with Gasteiger partial charge in [0.15, 0.2) is 6.29 Å². The number of ether oxygens (including phenoxy) is 1. The quantitative estimate of drug-likeness (QED) is 0.0802. The normalized spacial score (nSPS) is 21.9. The van der Waals surface area contributed by atoms with Crippen LogP contribution in [-0.2, 0) is 41.6 Å². The fourth-order valence-electron chi connectivity index (χ4n) is 5.42. The highest BCUT2D eigenvalue weighted by Crippen LogP contribution is 2.21. The summed E-state index contributed by atoms with van der Waals surface area (Å²) in [5.74, 6) is -4.51. The zero-order valence-electron chi connectivity index (χ0n) is 28.3. The van der Waals surface area contributed by atoms with Gasteiger partial charge in [-0.15, -0.1) is 0 Å². The maximum absolute atomic E-state index is 13.5. The Kier molecular flexibility index (Phi) is 15.3. The molecule has 1 unspecified atom stereocenters. The van der Waals surface area contributed by atoms with Gasteiger partial charge in [0, 0.05) is 6.42 Å². The standard InChI is InChI=1S/C34H47N5O12/c1-18(2)12-24(33(48)49)38-31(46)23(14-19-6-4-3-5-7-19)37-26(41)15-36-27(42)17-39(16-25-28(43)29(44)30(45)34(50)51-25)32(47)22(35)13-20-8-10-21(40)11-9-20/h3-11,18,22-25,28-30,34,40,43-45,50H,12-17,35H2,1-2H3,(H,36,42)(H,37,41)(H,38,46)(H,48,49)/t22-,23-,24-,25+,28-,29-,30+,34?/m0/s1. The molecule has 3 rings (SSSR count). The first-order chi connectivity index (χ1) is 24.0. The van der Waals surface area contributed by atoms with Gasteiger partial charge in [0.1, 0.15) is 42.2 Å². The molecule has 2 aromatic carbocycles. The Morgan fingerprint density at radius 2 is 1.45 bits per heavy atom. The number of hydrogen-bond acceptors (Lipinski definition) is 12. The number of carbonyl (C=O) groups excluding carboxylic acids is 4. The second-order valence-corrected chi connectivity index (χ2v) is 12.8. The minimum Gasteiger partial charge on any atom is -0.508 e. The fraction of sp³-hybridized carbons (Fsp3) is 0.500. The lowest BCUT2D eigenvalue weighted by atomic mass is 9.98. The first-order valence-corrected chi connectivity index (χ1v) is 16.4. The van der Waals surface area contributed by atoms with Crippen LogP contribution in [0.3, 0.4) is 0 Å². The van der Waals surface area contributed by atoms with Crippen LogP contribution < -0.4 is 21.7 Å². The number of nitrogens with one attached hydrogen (secondary N) is 3. The van der Waals surface area contributed by atoms with Gasteiger partial charge in [-0.05, 0) is 42.0 Å². The van der Waals surface area contributed by atoms with Crippen LogP contribution in [0.5, 0.6) is 5.75 Å². The Hall–Kier alpha value is -4.65. The van der Waals surface area contributed by atoms with Crippen molar-refractivity contribution in [1.29, 1.82) is 0 Å². The summed E-state index contributed by atoms with van der Waals surface area (Å²) < 4.78 is 5.19. The summed E-state index contributed by atoms with van der Waals surface area (Å²) in [5, 5.41) is 66.9. The summed E-state index contributed by atoms with van der Waals surface area (Å²) in [5.41, 5.74) is 7.41. The molecule has 1 saturated heterocycles. The summed E-state index contributed by atoms with van der Waals surface area (Å²) in [6.07, 6.45) is -8.67. The Bertz CT molecular complexity index is 1480. The van der Waals surface area contributed by atoms with E-state index in [1.54, 1.807) is 44.2 Å². The molecule has 11 N–H and O–H groups in total. The van der Waals surface area contributed by atoms with Crippen LogP contribution in [0.1, 0.15) is 31.4 Å². The molecule has 51 heavy (non-hydrogen) atoms.